The van der Waals surface area contributed by atoms with Gasteiger partial charge in [-0.05, 0) is 36.0 Å². The molecule has 1 aromatic heterocycles. The van der Waals surface area contributed by atoms with E-state index >= 15 is 0 Å². The number of benzene rings is 2. The maximum atomic E-state index is 12.4. The lowest BCUT2D eigenvalue weighted by molar-refractivity contribution is 0.108. The van der Waals surface area contributed by atoms with Crippen molar-refractivity contribution in [2.75, 3.05) is 0 Å². The molecule has 3 rings (SSSR count). The van der Waals surface area contributed by atoms with Crippen LogP contribution in [0.15, 0.2) is 65.7 Å². The third-order valence-electron chi connectivity index (χ3n) is 3.03. The number of hydrogen-bond acceptors (Lipinski definition) is 4. The zero-order chi connectivity index (χ0) is 14.7. The van der Waals surface area contributed by atoms with Crippen molar-refractivity contribution < 1.29 is 4.79 Å². The molecule has 0 aliphatic heterocycles. The highest BCUT2D eigenvalue weighted by Gasteiger charge is 2.11. The maximum Gasteiger partial charge on any atom is 0.224 e. The molecule has 0 aliphatic carbocycles. The number of nitrogens with zero attached hydrogens (tertiary/aromatic N) is 2. The second kappa shape index (κ2) is 5.78. The van der Waals surface area contributed by atoms with Crippen LogP contribution in [0.3, 0.4) is 0 Å². The van der Waals surface area contributed by atoms with Crippen molar-refractivity contribution in [2.24, 2.45) is 0 Å². The van der Waals surface area contributed by atoms with Gasteiger partial charge in [0.05, 0.1) is 17.1 Å². The summed E-state index contributed by atoms with van der Waals surface area (Å²) in [6.45, 7) is 0. The van der Waals surface area contributed by atoms with Gasteiger partial charge in [0.25, 0.3) is 0 Å². The van der Waals surface area contributed by atoms with Crippen molar-refractivity contribution in [2.45, 2.75) is 4.90 Å². The van der Waals surface area contributed by atoms with Gasteiger partial charge in [0, 0.05) is 22.0 Å². The summed E-state index contributed by atoms with van der Waals surface area (Å²) in [4.78, 5) is 17.5. The molecule has 0 bridgehead atoms. The zero-order valence-electron chi connectivity index (χ0n) is 11.0. The van der Waals surface area contributed by atoms with Gasteiger partial charge in [0.15, 0.2) is 0 Å². The number of fused-ring (bicyclic) bond motifs is 1. The summed E-state index contributed by atoms with van der Waals surface area (Å²) in [6.07, 6.45) is 1.72. The van der Waals surface area contributed by atoms with Crippen LogP contribution in [0.5, 0.6) is 0 Å². The fraction of sp³-hybridized carbons (Fsp3) is 0. The van der Waals surface area contributed by atoms with Crippen LogP contribution < -0.4 is 0 Å². The Bertz CT molecular complexity index is 863. The molecule has 4 heteroatoms. The number of para-hydroxylation sites is 1. The summed E-state index contributed by atoms with van der Waals surface area (Å²) in [6, 6.07) is 18.4. The molecule has 0 unspecified atom stereocenters. The number of hydrogen-bond donors (Lipinski definition) is 0. The standard InChI is InChI=1S/C17H10N2OS/c18-11-12-4-1-6-14(10-12)17(20)21-15-8-2-5-13-7-3-9-19-16(13)15/h1-10H. The Kier molecular flexibility index (Phi) is 3.67. The van der Waals surface area contributed by atoms with Gasteiger partial charge in [-0.25, -0.2) is 0 Å². The first-order valence-electron chi connectivity index (χ1n) is 6.34. The van der Waals surface area contributed by atoms with Gasteiger partial charge in [-0.2, -0.15) is 5.26 Å². The van der Waals surface area contributed by atoms with Crippen LogP contribution in [0.1, 0.15) is 15.9 Å². The maximum absolute atomic E-state index is 12.4. The van der Waals surface area contributed by atoms with Gasteiger partial charge in [-0.1, -0.05) is 30.3 Å². The number of carbonyl (C=O) groups excluding carboxylic acids is 1. The van der Waals surface area contributed by atoms with E-state index in [1.165, 1.54) is 0 Å². The molecule has 0 spiro atoms. The van der Waals surface area contributed by atoms with Crippen molar-refractivity contribution in [3.05, 3.63) is 71.9 Å². The minimum Gasteiger partial charge on any atom is -0.281 e. The first-order valence-corrected chi connectivity index (χ1v) is 7.16. The van der Waals surface area contributed by atoms with Crippen molar-refractivity contribution in [3.63, 3.8) is 0 Å². The number of thioether (sulfide) groups is 1. The smallest absolute Gasteiger partial charge is 0.224 e. The van der Waals surface area contributed by atoms with Crippen LogP contribution in [-0.4, -0.2) is 10.1 Å². The van der Waals surface area contributed by atoms with E-state index < -0.39 is 0 Å². The van der Waals surface area contributed by atoms with Gasteiger partial charge < -0.3 is 0 Å². The van der Waals surface area contributed by atoms with Crippen molar-refractivity contribution >= 4 is 27.8 Å². The van der Waals surface area contributed by atoms with Gasteiger partial charge in [-0.15, -0.1) is 0 Å². The van der Waals surface area contributed by atoms with Crippen molar-refractivity contribution in [1.82, 2.24) is 4.98 Å². The average Bonchev–Trinajstić information content (AvgIpc) is 2.55. The SMILES string of the molecule is N#Cc1cccc(C(=O)Sc2cccc3cccnc23)c1. The Morgan fingerprint density at radius 2 is 1.90 bits per heavy atom. The third kappa shape index (κ3) is 2.78. The Balaban J connectivity index is 1.95. The normalized spacial score (nSPS) is 10.2. The third-order valence-corrected chi connectivity index (χ3v) is 4.00. The molecule has 0 amide bonds. The summed E-state index contributed by atoms with van der Waals surface area (Å²) >= 11 is 1.13. The van der Waals surface area contributed by atoms with Crippen LogP contribution in [-0.2, 0) is 0 Å². The Hall–Kier alpha value is -2.64. The minimum atomic E-state index is -0.0924. The summed E-state index contributed by atoms with van der Waals surface area (Å²) in [5.74, 6) is 0. The van der Waals surface area contributed by atoms with Gasteiger partial charge >= 0.3 is 0 Å². The van der Waals surface area contributed by atoms with E-state index in [0.29, 0.717) is 11.1 Å². The van der Waals surface area contributed by atoms with Crippen molar-refractivity contribution in [1.29, 1.82) is 5.26 Å². The Morgan fingerprint density at radius 3 is 2.76 bits per heavy atom. The van der Waals surface area contributed by atoms with Gasteiger partial charge in [0.1, 0.15) is 0 Å². The molecule has 3 nitrogen and oxygen atoms in total. The predicted molar refractivity (Wildman–Crippen MR) is 83.1 cm³/mol. The number of aromatic nitrogens is 1. The van der Waals surface area contributed by atoms with Crippen LogP contribution in [0.4, 0.5) is 0 Å². The highest BCUT2D eigenvalue weighted by molar-refractivity contribution is 8.14. The van der Waals surface area contributed by atoms with E-state index in [9.17, 15) is 4.79 Å². The molecule has 100 valence electrons. The Labute approximate surface area is 126 Å². The molecule has 2 aromatic carbocycles. The number of carbonyl (C=O) groups is 1. The molecule has 0 aliphatic rings. The monoisotopic (exact) mass is 290 g/mol. The van der Waals surface area contributed by atoms with Crippen LogP contribution >= 0.6 is 11.8 Å². The van der Waals surface area contributed by atoms with Crippen LogP contribution in [0.2, 0.25) is 0 Å². The predicted octanol–water partition coefficient (Wildman–Crippen LogP) is 4.04. The summed E-state index contributed by atoms with van der Waals surface area (Å²) in [7, 11) is 0. The van der Waals surface area contributed by atoms with Gasteiger partial charge in [-0.3, -0.25) is 9.78 Å². The van der Waals surface area contributed by atoms with E-state index in [4.69, 9.17) is 5.26 Å². The molecular weight excluding hydrogens is 280 g/mol. The summed E-state index contributed by atoms with van der Waals surface area (Å²) < 4.78 is 0. The van der Waals surface area contributed by atoms with Gasteiger partial charge in [0.2, 0.25) is 5.12 Å². The molecular formula is C17H10N2OS. The number of rotatable bonds is 2. The lowest BCUT2D eigenvalue weighted by atomic mass is 10.1. The quantitative estimate of drug-likeness (QED) is 0.668. The molecule has 0 saturated carbocycles. The minimum absolute atomic E-state index is 0.0924. The fourth-order valence-electron chi connectivity index (χ4n) is 2.03. The van der Waals surface area contributed by atoms with Crippen LogP contribution in [0, 0.1) is 11.3 Å². The summed E-state index contributed by atoms with van der Waals surface area (Å²) in [5.41, 5.74) is 1.82. The molecule has 0 saturated heterocycles. The largest absolute Gasteiger partial charge is 0.281 e. The number of pyridine rings is 1. The molecule has 3 aromatic rings. The van der Waals surface area contributed by atoms with E-state index in [-0.39, 0.29) is 5.12 Å². The molecule has 0 N–H and O–H groups in total. The Morgan fingerprint density at radius 1 is 1.10 bits per heavy atom. The zero-order valence-corrected chi connectivity index (χ0v) is 11.8. The average molecular weight is 290 g/mol. The second-order valence-corrected chi connectivity index (χ2v) is 5.43. The first kappa shape index (κ1) is 13.3. The van der Waals surface area contributed by atoms with E-state index in [1.54, 1.807) is 30.5 Å². The lowest BCUT2D eigenvalue weighted by Gasteiger charge is -2.04. The molecule has 0 fully saturated rings. The van der Waals surface area contributed by atoms with Crippen LogP contribution in [0.25, 0.3) is 10.9 Å². The summed E-state index contributed by atoms with van der Waals surface area (Å²) in [5, 5.41) is 9.81. The molecule has 0 radical (unpaired) electrons. The van der Waals surface area contributed by atoms with Crippen molar-refractivity contribution in [3.8, 4) is 6.07 Å². The number of nitriles is 1. The highest BCUT2D eigenvalue weighted by Crippen LogP contribution is 2.29. The lowest BCUT2D eigenvalue weighted by Crippen LogP contribution is -1.94. The topological polar surface area (TPSA) is 53.8 Å². The van der Waals surface area contributed by atoms with E-state index in [0.717, 1.165) is 27.6 Å². The highest BCUT2D eigenvalue weighted by atomic mass is 32.2. The fourth-order valence-corrected chi connectivity index (χ4v) is 2.89. The molecule has 0 atom stereocenters. The second-order valence-electron chi connectivity index (χ2n) is 4.41. The van der Waals surface area contributed by atoms with E-state index in [2.05, 4.69) is 4.98 Å². The molecule has 21 heavy (non-hydrogen) atoms. The van der Waals surface area contributed by atoms with E-state index in [1.807, 2.05) is 36.4 Å². The first-order chi connectivity index (χ1) is 10.3. The molecule has 1 heterocycles.